The first-order chi connectivity index (χ1) is 18.4. The van der Waals surface area contributed by atoms with Crippen molar-refractivity contribution in [1.29, 1.82) is 0 Å². The van der Waals surface area contributed by atoms with Gasteiger partial charge in [-0.05, 0) is 43.4 Å². The van der Waals surface area contributed by atoms with Gasteiger partial charge in [-0.25, -0.2) is 4.98 Å². The summed E-state index contributed by atoms with van der Waals surface area (Å²) < 4.78 is 19.3. The molecule has 1 amide bonds. The van der Waals surface area contributed by atoms with Gasteiger partial charge in [0.25, 0.3) is 5.56 Å². The lowest BCUT2D eigenvalue weighted by atomic mass is 10.0. The fourth-order valence-corrected chi connectivity index (χ4v) is 5.07. The lowest BCUT2D eigenvalue weighted by molar-refractivity contribution is -0.131. The van der Waals surface area contributed by atoms with E-state index in [0.29, 0.717) is 49.0 Å². The van der Waals surface area contributed by atoms with Crippen molar-refractivity contribution in [2.24, 2.45) is 13.0 Å². The fraction of sp³-hybridized carbons (Fsp3) is 0.552. The zero-order chi connectivity index (χ0) is 27.2. The summed E-state index contributed by atoms with van der Waals surface area (Å²) in [5.41, 5.74) is 2.19. The minimum absolute atomic E-state index is 0.0942. The molecule has 0 bridgehead atoms. The Morgan fingerprint density at radius 1 is 1.18 bits per heavy atom. The molecule has 2 saturated heterocycles. The van der Waals surface area contributed by atoms with Gasteiger partial charge in [-0.15, -0.1) is 0 Å². The van der Waals surface area contributed by atoms with Crippen LogP contribution >= 0.6 is 0 Å². The Hall–Kier alpha value is -3.17. The number of nitrogens with zero attached hydrogens (tertiary/aromatic N) is 4. The fourth-order valence-electron chi connectivity index (χ4n) is 5.07. The summed E-state index contributed by atoms with van der Waals surface area (Å²) in [6.45, 7) is 12.6. The van der Waals surface area contributed by atoms with Crippen molar-refractivity contribution in [3.8, 4) is 17.0 Å². The van der Waals surface area contributed by atoms with Crippen LogP contribution in [0.1, 0.15) is 46.3 Å². The maximum atomic E-state index is 12.9. The van der Waals surface area contributed by atoms with Gasteiger partial charge in [-0.1, -0.05) is 13.8 Å². The monoisotopic (exact) mass is 524 g/mol. The summed E-state index contributed by atoms with van der Waals surface area (Å²) >= 11 is 0. The molecule has 2 fully saturated rings. The van der Waals surface area contributed by atoms with Crippen molar-refractivity contribution >= 4 is 16.9 Å². The lowest BCUT2D eigenvalue weighted by Crippen LogP contribution is -2.52. The molecule has 206 valence electrons. The van der Waals surface area contributed by atoms with Crippen molar-refractivity contribution in [3.05, 3.63) is 46.7 Å². The van der Waals surface area contributed by atoms with Crippen LogP contribution in [0.4, 0.5) is 0 Å². The maximum Gasteiger partial charge on any atom is 0.261 e. The van der Waals surface area contributed by atoms with Crippen LogP contribution < -0.4 is 10.3 Å². The summed E-state index contributed by atoms with van der Waals surface area (Å²) in [6.07, 6.45) is 5.53. The molecule has 3 aromatic heterocycles. The molecule has 0 aromatic carbocycles. The van der Waals surface area contributed by atoms with Gasteiger partial charge < -0.3 is 23.4 Å². The second-order valence-corrected chi connectivity index (χ2v) is 9.95. The molecular weight excluding hydrogens is 484 g/mol. The molecule has 3 aromatic rings. The van der Waals surface area contributed by atoms with Crippen LogP contribution in [0.5, 0.6) is 5.88 Å². The van der Waals surface area contributed by atoms with E-state index in [1.54, 1.807) is 24.7 Å². The number of pyridine rings is 2. The number of piperazine rings is 1. The Bertz CT molecular complexity index is 1290. The van der Waals surface area contributed by atoms with Gasteiger partial charge in [0.2, 0.25) is 11.8 Å². The van der Waals surface area contributed by atoms with Gasteiger partial charge in [-0.3, -0.25) is 14.5 Å². The molecule has 0 saturated carbocycles. The van der Waals surface area contributed by atoms with Gasteiger partial charge in [0.05, 0.1) is 18.5 Å². The normalized spacial score (nSPS) is 18.8. The van der Waals surface area contributed by atoms with Crippen LogP contribution in [0, 0.1) is 5.92 Å². The van der Waals surface area contributed by atoms with Crippen molar-refractivity contribution in [3.63, 3.8) is 0 Å². The zero-order valence-corrected chi connectivity index (χ0v) is 23.2. The average Bonchev–Trinajstić information content (AvgIpc) is 3.36. The third kappa shape index (κ3) is 6.27. The number of aromatic nitrogens is 2. The van der Waals surface area contributed by atoms with Gasteiger partial charge in [0.1, 0.15) is 11.3 Å². The summed E-state index contributed by atoms with van der Waals surface area (Å²) in [5, 5.41) is 0.557. The van der Waals surface area contributed by atoms with E-state index in [9.17, 15) is 9.59 Å². The highest BCUT2D eigenvalue weighted by molar-refractivity contribution is 5.92. The van der Waals surface area contributed by atoms with Crippen LogP contribution in [0.3, 0.4) is 0 Å². The molecule has 5 heterocycles. The first-order valence-corrected chi connectivity index (χ1v) is 13.7. The summed E-state index contributed by atoms with van der Waals surface area (Å²) in [6, 6.07) is 5.87. The molecule has 1 unspecified atom stereocenters. The average molecular weight is 525 g/mol. The number of hydrogen-bond donors (Lipinski definition) is 0. The lowest BCUT2D eigenvalue weighted by Gasteiger charge is -2.39. The second kappa shape index (κ2) is 12.6. The molecule has 0 aliphatic carbocycles. The first-order valence-electron chi connectivity index (χ1n) is 13.7. The molecule has 0 radical (unpaired) electrons. The Balaban J connectivity index is 0.00000164. The maximum absolute atomic E-state index is 12.9. The summed E-state index contributed by atoms with van der Waals surface area (Å²) in [4.78, 5) is 33.2. The van der Waals surface area contributed by atoms with Gasteiger partial charge in [0, 0.05) is 76.9 Å². The Labute approximate surface area is 224 Å². The highest BCUT2D eigenvalue weighted by atomic mass is 16.5. The van der Waals surface area contributed by atoms with Crippen LogP contribution in [-0.4, -0.2) is 70.8 Å². The molecule has 9 heteroatoms. The van der Waals surface area contributed by atoms with Gasteiger partial charge in [-0.2, -0.15) is 0 Å². The number of amides is 1. The van der Waals surface area contributed by atoms with Crippen LogP contribution in [0.25, 0.3) is 22.1 Å². The number of carbonyl (C=O) groups excluding carboxylic acids is 1. The second-order valence-electron chi connectivity index (χ2n) is 9.95. The standard InChI is InChI=1S/C27H34N4O5.C2H6/c1-18-14-31(19(2)32)9-8-30(18)15-22-13-23-26(36-22)24(16-29(3)27(23)33)21-4-7-28-25(12-21)35-17-20-5-10-34-11-6-20;1-2/h4,7,12-13,16,18,20H,5-6,8-11,14-15,17H2,1-3H3;1-2H3. The smallest absolute Gasteiger partial charge is 0.261 e. The van der Waals surface area contributed by atoms with E-state index in [-0.39, 0.29) is 17.5 Å². The largest absolute Gasteiger partial charge is 0.477 e. The van der Waals surface area contributed by atoms with Crippen molar-refractivity contribution in [2.75, 3.05) is 39.5 Å². The molecule has 0 spiro atoms. The van der Waals surface area contributed by atoms with Crippen molar-refractivity contribution < 1.29 is 18.7 Å². The molecule has 2 aliphatic heterocycles. The van der Waals surface area contributed by atoms with Gasteiger partial charge >= 0.3 is 0 Å². The third-order valence-electron chi connectivity index (χ3n) is 7.32. The number of fused-ring (bicyclic) bond motifs is 1. The number of rotatable bonds is 6. The molecule has 0 N–H and O–H groups in total. The van der Waals surface area contributed by atoms with Crippen LogP contribution in [0.15, 0.2) is 39.8 Å². The van der Waals surface area contributed by atoms with E-state index in [2.05, 4.69) is 16.8 Å². The Kier molecular flexibility index (Phi) is 9.22. The predicted octanol–water partition coefficient (Wildman–Crippen LogP) is 4.08. The first kappa shape index (κ1) is 27.9. The molecular formula is C29H40N4O5. The predicted molar refractivity (Wildman–Crippen MR) is 147 cm³/mol. The zero-order valence-electron chi connectivity index (χ0n) is 23.2. The third-order valence-corrected chi connectivity index (χ3v) is 7.32. The number of hydrogen-bond acceptors (Lipinski definition) is 7. The molecule has 5 rings (SSSR count). The number of furan rings is 1. The Morgan fingerprint density at radius 2 is 1.95 bits per heavy atom. The summed E-state index contributed by atoms with van der Waals surface area (Å²) in [5.74, 6) is 1.88. The van der Waals surface area contributed by atoms with Gasteiger partial charge in [0.15, 0.2) is 0 Å². The highest BCUT2D eigenvalue weighted by Gasteiger charge is 2.26. The SMILES string of the molecule is CC.CC(=O)N1CCN(Cc2cc3c(=O)n(C)cc(-c4ccnc(OCC5CCOCC5)c4)c3o2)C(C)C1. The Morgan fingerprint density at radius 3 is 2.66 bits per heavy atom. The molecule has 38 heavy (non-hydrogen) atoms. The highest BCUT2D eigenvalue weighted by Crippen LogP contribution is 2.31. The van der Waals surface area contributed by atoms with Crippen molar-refractivity contribution in [2.45, 2.75) is 53.1 Å². The van der Waals surface area contributed by atoms with E-state index in [1.165, 1.54) is 0 Å². The summed E-state index contributed by atoms with van der Waals surface area (Å²) in [7, 11) is 1.75. The van der Waals surface area contributed by atoms with E-state index < -0.39 is 0 Å². The number of carbonyl (C=O) groups is 1. The molecule has 9 nitrogen and oxygen atoms in total. The van der Waals surface area contributed by atoms with Crippen LogP contribution in [-0.2, 0) is 23.1 Å². The van der Waals surface area contributed by atoms with E-state index >= 15 is 0 Å². The minimum Gasteiger partial charge on any atom is -0.477 e. The quantitative estimate of drug-likeness (QED) is 0.480. The molecule has 1 atom stereocenters. The van der Waals surface area contributed by atoms with Crippen molar-refractivity contribution in [1.82, 2.24) is 19.4 Å². The topological polar surface area (TPSA) is 90.0 Å². The van der Waals surface area contributed by atoms with E-state index in [4.69, 9.17) is 13.9 Å². The molecule has 2 aliphatic rings. The van der Waals surface area contributed by atoms with E-state index in [0.717, 1.165) is 49.5 Å². The number of ether oxygens (including phenoxy) is 2. The minimum atomic E-state index is -0.0942. The van der Waals surface area contributed by atoms with E-state index in [1.807, 2.05) is 43.1 Å². The number of aryl methyl sites for hydroxylation is 1. The van der Waals surface area contributed by atoms with Crippen LogP contribution in [0.2, 0.25) is 0 Å².